The first kappa shape index (κ1) is 16.8. The zero-order chi connectivity index (χ0) is 16.8. The van der Waals surface area contributed by atoms with Crippen LogP contribution < -0.4 is 4.74 Å². The maximum absolute atomic E-state index is 12.4. The highest BCUT2D eigenvalue weighted by Gasteiger charge is 2.18. The van der Waals surface area contributed by atoms with Crippen LogP contribution in [-0.2, 0) is 16.4 Å². The Bertz CT molecular complexity index is 725. The number of aromatic amines is 1. The molecule has 1 N–H and O–H groups in total. The van der Waals surface area contributed by atoms with Crippen molar-refractivity contribution in [2.75, 3.05) is 25.4 Å². The molecule has 1 fully saturated rings. The number of H-pyrrole nitrogens is 1. The lowest BCUT2D eigenvalue weighted by molar-refractivity contribution is 0.241. The number of hydrogen-bond acceptors (Lipinski definition) is 7. The molecular formula is C15H21N5O3S. The number of likely N-dealkylation sites (tertiary alicyclic amines) is 1. The van der Waals surface area contributed by atoms with E-state index >= 15 is 0 Å². The summed E-state index contributed by atoms with van der Waals surface area (Å²) in [6, 6.07) is 6.45. The molecule has 0 spiro atoms. The number of sulfone groups is 1. The number of piperidine rings is 1. The number of nitrogens with zero attached hydrogens (tertiary/aromatic N) is 4. The van der Waals surface area contributed by atoms with Crippen molar-refractivity contribution in [3.8, 4) is 5.75 Å². The minimum Gasteiger partial charge on any atom is -0.485 e. The first-order chi connectivity index (χ1) is 11.6. The largest absolute Gasteiger partial charge is 0.485 e. The summed E-state index contributed by atoms with van der Waals surface area (Å²) in [4.78, 5) is 2.55. The van der Waals surface area contributed by atoms with Crippen LogP contribution in [0.2, 0.25) is 0 Å². The summed E-state index contributed by atoms with van der Waals surface area (Å²) in [5, 5.41) is 13.4. The van der Waals surface area contributed by atoms with E-state index in [-0.39, 0.29) is 12.4 Å². The van der Waals surface area contributed by atoms with Crippen molar-refractivity contribution in [3.63, 3.8) is 0 Å². The third kappa shape index (κ3) is 4.51. The Morgan fingerprint density at radius 1 is 1.12 bits per heavy atom. The monoisotopic (exact) mass is 351 g/mol. The predicted octanol–water partition coefficient (Wildman–Crippen LogP) is 1.04. The molecule has 0 amide bonds. The Morgan fingerprint density at radius 2 is 1.88 bits per heavy atom. The Labute approximate surface area is 141 Å². The third-order valence-corrected chi connectivity index (χ3v) is 5.78. The molecule has 1 aliphatic heterocycles. The van der Waals surface area contributed by atoms with E-state index in [1.54, 1.807) is 24.3 Å². The van der Waals surface area contributed by atoms with Gasteiger partial charge in [0.1, 0.15) is 5.75 Å². The molecule has 0 atom stereocenters. The number of hydrogen-bond donors (Lipinski definition) is 1. The van der Waals surface area contributed by atoms with Gasteiger partial charge in [-0.3, -0.25) is 0 Å². The first-order valence-electron chi connectivity index (χ1n) is 8.04. The Hall–Kier alpha value is -2.00. The number of nitrogens with one attached hydrogen (secondary N) is 1. The van der Waals surface area contributed by atoms with Gasteiger partial charge in [-0.05, 0) is 50.2 Å². The van der Waals surface area contributed by atoms with Gasteiger partial charge in [0.25, 0.3) is 0 Å². The maximum Gasteiger partial charge on any atom is 0.211 e. The summed E-state index contributed by atoms with van der Waals surface area (Å²) < 4.78 is 30.3. The summed E-state index contributed by atoms with van der Waals surface area (Å²) in [6.45, 7) is 2.77. The minimum absolute atomic E-state index is 0.149. The van der Waals surface area contributed by atoms with Gasteiger partial charge in [0.2, 0.25) is 5.82 Å². The van der Waals surface area contributed by atoms with Gasteiger partial charge in [-0.15, -0.1) is 10.2 Å². The number of rotatable bonds is 7. The Balaban J connectivity index is 1.54. The van der Waals surface area contributed by atoms with Crippen LogP contribution in [0, 0.1) is 0 Å². The van der Waals surface area contributed by atoms with Crippen LogP contribution in [-0.4, -0.2) is 59.3 Å². The Morgan fingerprint density at radius 3 is 2.54 bits per heavy atom. The second-order valence-corrected chi connectivity index (χ2v) is 7.92. The average molecular weight is 351 g/mol. The molecule has 0 unspecified atom stereocenters. The number of benzene rings is 1. The van der Waals surface area contributed by atoms with E-state index in [2.05, 4.69) is 25.5 Å². The van der Waals surface area contributed by atoms with E-state index in [1.165, 1.54) is 6.42 Å². The molecule has 1 aromatic carbocycles. The molecular weight excluding hydrogens is 330 g/mol. The van der Waals surface area contributed by atoms with Crippen molar-refractivity contribution < 1.29 is 13.2 Å². The zero-order valence-corrected chi connectivity index (χ0v) is 14.2. The molecule has 2 aromatic rings. The van der Waals surface area contributed by atoms with E-state index in [4.69, 9.17) is 4.74 Å². The van der Waals surface area contributed by atoms with Crippen LogP contribution >= 0.6 is 0 Å². The van der Waals surface area contributed by atoms with E-state index in [0.717, 1.165) is 25.9 Å². The van der Waals surface area contributed by atoms with E-state index < -0.39 is 9.84 Å². The fourth-order valence-electron chi connectivity index (χ4n) is 2.68. The molecule has 3 rings (SSSR count). The highest BCUT2D eigenvalue weighted by atomic mass is 32.2. The van der Waals surface area contributed by atoms with Gasteiger partial charge in [0.05, 0.1) is 10.6 Å². The number of aromatic nitrogens is 4. The zero-order valence-electron chi connectivity index (χ0n) is 13.4. The number of tetrazole rings is 1. The highest BCUT2D eigenvalue weighted by Crippen LogP contribution is 2.18. The van der Waals surface area contributed by atoms with Gasteiger partial charge in [0.15, 0.2) is 16.4 Å². The van der Waals surface area contributed by atoms with Crippen molar-refractivity contribution in [1.29, 1.82) is 0 Å². The second-order valence-electron chi connectivity index (χ2n) is 5.81. The van der Waals surface area contributed by atoms with Crippen LogP contribution in [0.25, 0.3) is 0 Å². The predicted molar refractivity (Wildman–Crippen MR) is 87.3 cm³/mol. The van der Waals surface area contributed by atoms with Gasteiger partial charge in [-0.1, -0.05) is 11.6 Å². The van der Waals surface area contributed by atoms with E-state index in [0.29, 0.717) is 23.0 Å². The molecule has 0 aliphatic carbocycles. The molecule has 130 valence electrons. The molecule has 24 heavy (non-hydrogen) atoms. The first-order valence-corrected chi connectivity index (χ1v) is 9.69. The van der Waals surface area contributed by atoms with Crippen LogP contribution in [0.4, 0.5) is 0 Å². The standard InChI is InChI=1S/C15H21N5O3S/c21-24(22,11-10-20-8-2-1-3-9-20)14-6-4-13(5-7-14)23-12-15-16-18-19-17-15/h4-7H,1-3,8-12H2,(H,16,17,18,19). The van der Waals surface area contributed by atoms with Crippen molar-refractivity contribution in [2.24, 2.45) is 0 Å². The Kier molecular flexibility index (Phi) is 5.41. The van der Waals surface area contributed by atoms with Crippen molar-refractivity contribution in [2.45, 2.75) is 30.8 Å². The SMILES string of the molecule is O=S(=O)(CCN1CCCCC1)c1ccc(OCc2nn[nH]n2)cc1. The lowest BCUT2D eigenvalue weighted by Gasteiger charge is -2.26. The molecule has 9 heteroatoms. The van der Waals surface area contributed by atoms with Crippen LogP contribution in [0.15, 0.2) is 29.2 Å². The molecule has 0 bridgehead atoms. The van der Waals surface area contributed by atoms with Crippen LogP contribution in [0.3, 0.4) is 0 Å². The van der Waals surface area contributed by atoms with Gasteiger partial charge >= 0.3 is 0 Å². The van der Waals surface area contributed by atoms with Gasteiger partial charge in [-0.2, -0.15) is 5.21 Å². The topological polar surface area (TPSA) is 101 Å². The van der Waals surface area contributed by atoms with Crippen molar-refractivity contribution in [3.05, 3.63) is 30.1 Å². The normalized spacial score (nSPS) is 16.2. The van der Waals surface area contributed by atoms with Gasteiger partial charge < -0.3 is 9.64 Å². The van der Waals surface area contributed by atoms with Crippen molar-refractivity contribution >= 4 is 9.84 Å². The lowest BCUT2D eigenvalue weighted by atomic mass is 10.1. The number of ether oxygens (including phenoxy) is 1. The van der Waals surface area contributed by atoms with Crippen molar-refractivity contribution in [1.82, 2.24) is 25.5 Å². The summed E-state index contributed by atoms with van der Waals surface area (Å²) >= 11 is 0. The van der Waals surface area contributed by atoms with Gasteiger partial charge in [0, 0.05) is 6.54 Å². The second kappa shape index (κ2) is 7.71. The van der Waals surface area contributed by atoms with Crippen LogP contribution in [0.5, 0.6) is 5.75 Å². The van der Waals surface area contributed by atoms with E-state index in [9.17, 15) is 8.42 Å². The molecule has 2 heterocycles. The molecule has 0 saturated carbocycles. The summed E-state index contributed by atoms with van der Waals surface area (Å²) in [5.74, 6) is 1.15. The molecule has 0 radical (unpaired) electrons. The molecule has 1 aromatic heterocycles. The molecule has 1 saturated heterocycles. The third-order valence-electron chi connectivity index (χ3n) is 4.06. The summed E-state index contributed by atoms with van der Waals surface area (Å²) in [6.07, 6.45) is 3.56. The maximum atomic E-state index is 12.4. The molecule has 1 aliphatic rings. The quantitative estimate of drug-likeness (QED) is 0.795. The average Bonchev–Trinajstić information content (AvgIpc) is 3.13. The minimum atomic E-state index is -3.27. The summed E-state index contributed by atoms with van der Waals surface area (Å²) in [7, 11) is -3.27. The smallest absolute Gasteiger partial charge is 0.211 e. The van der Waals surface area contributed by atoms with E-state index in [1.807, 2.05) is 0 Å². The highest BCUT2D eigenvalue weighted by molar-refractivity contribution is 7.91. The summed E-state index contributed by atoms with van der Waals surface area (Å²) in [5.41, 5.74) is 0. The fraction of sp³-hybridized carbons (Fsp3) is 0.533. The van der Waals surface area contributed by atoms with Gasteiger partial charge in [-0.25, -0.2) is 8.42 Å². The van der Waals surface area contributed by atoms with Crippen LogP contribution in [0.1, 0.15) is 25.1 Å². The lowest BCUT2D eigenvalue weighted by Crippen LogP contribution is -2.33. The fourth-order valence-corrected chi connectivity index (χ4v) is 3.97. The molecule has 8 nitrogen and oxygen atoms in total.